The molecule has 1 fully saturated rings. The summed E-state index contributed by atoms with van der Waals surface area (Å²) < 4.78 is 5.81. The van der Waals surface area contributed by atoms with E-state index >= 15 is 0 Å². The zero-order chi connectivity index (χ0) is 23.8. The Balaban J connectivity index is 1.78. The third-order valence-electron chi connectivity index (χ3n) is 5.87. The Labute approximate surface area is 195 Å². The number of allylic oxidation sites excluding steroid dienone is 6. The van der Waals surface area contributed by atoms with Crippen molar-refractivity contribution in [2.45, 2.75) is 45.4 Å². The molecule has 3 rings (SSSR count). The summed E-state index contributed by atoms with van der Waals surface area (Å²) in [6.45, 7) is 7.51. The monoisotopic (exact) mass is 448 g/mol. The van der Waals surface area contributed by atoms with Gasteiger partial charge < -0.3 is 15.8 Å². The fourth-order valence-corrected chi connectivity index (χ4v) is 4.13. The number of ether oxygens (including phenoxy) is 1. The van der Waals surface area contributed by atoms with Gasteiger partial charge in [0.2, 0.25) is 5.91 Å². The van der Waals surface area contributed by atoms with Gasteiger partial charge in [-0.15, -0.1) is 0 Å². The number of hydrogen-bond acceptors (Lipinski definition) is 5. The molecule has 0 radical (unpaired) electrons. The first-order valence-electron chi connectivity index (χ1n) is 11.2. The van der Waals surface area contributed by atoms with Gasteiger partial charge in [-0.1, -0.05) is 54.6 Å². The van der Waals surface area contributed by atoms with E-state index in [0.717, 1.165) is 29.6 Å². The van der Waals surface area contributed by atoms with E-state index in [0.29, 0.717) is 13.0 Å². The summed E-state index contributed by atoms with van der Waals surface area (Å²) in [6.07, 6.45) is 11.2. The number of benzene rings is 1. The summed E-state index contributed by atoms with van der Waals surface area (Å²) in [6, 6.07) is 9.01. The van der Waals surface area contributed by atoms with Crippen molar-refractivity contribution in [1.82, 2.24) is 10.2 Å². The number of nitrogens with one attached hydrogen (secondary N) is 1. The van der Waals surface area contributed by atoms with Crippen LogP contribution in [0.15, 0.2) is 82.7 Å². The predicted molar refractivity (Wildman–Crippen MR) is 130 cm³/mol. The Morgan fingerprint density at radius 2 is 2.15 bits per heavy atom. The number of carbonyl (C=O) groups is 2. The van der Waals surface area contributed by atoms with Gasteiger partial charge in [0.05, 0.1) is 12.0 Å². The number of carbonyl (C=O) groups excluding carboxylic acids is 2. The zero-order valence-electron chi connectivity index (χ0n) is 19.2. The van der Waals surface area contributed by atoms with Crippen LogP contribution in [0.4, 0.5) is 4.79 Å². The Morgan fingerprint density at radius 1 is 1.39 bits per heavy atom. The first kappa shape index (κ1) is 24.2. The number of likely N-dealkylation sites (tertiary alicyclic amines) is 1. The molecule has 1 aliphatic carbocycles. The lowest BCUT2D eigenvalue weighted by Crippen LogP contribution is -2.66. The number of β-lactam (4-membered cyclic amide) rings is 1. The third-order valence-corrected chi connectivity index (χ3v) is 5.87. The number of urea groups is 1. The van der Waals surface area contributed by atoms with E-state index < -0.39 is 18.2 Å². The van der Waals surface area contributed by atoms with Gasteiger partial charge in [-0.2, -0.15) is 0 Å². The zero-order valence-corrected chi connectivity index (χ0v) is 19.2. The lowest BCUT2D eigenvalue weighted by Gasteiger charge is -2.45. The van der Waals surface area contributed by atoms with Gasteiger partial charge in [-0.25, -0.2) is 14.7 Å². The van der Waals surface area contributed by atoms with Crippen molar-refractivity contribution in [3.8, 4) is 0 Å². The molecule has 1 aromatic rings. The van der Waals surface area contributed by atoms with Crippen LogP contribution in [-0.4, -0.2) is 36.4 Å². The number of rotatable bonds is 9. The summed E-state index contributed by atoms with van der Waals surface area (Å²) in [5, 5.41) is 3.07. The van der Waals surface area contributed by atoms with Gasteiger partial charge in [-0.3, -0.25) is 4.79 Å². The first-order valence-corrected chi connectivity index (χ1v) is 11.2. The number of aliphatic imine (C=N–C) groups is 1. The van der Waals surface area contributed by atoms with E-state index in [1.807, 2.05) is 62.4 Å². The summed E-state index contributed by atoms with van der Waals surface area (Å²) in [7, 11) is 0. The summed E-state index contributed by atoms with van der Waals surface area (Å²) in [4.78, 5) is 31.2. The molecule has 3 N–H and O–H groups in total. The van der Waals surface area contributed by atoms with Crippen LogP contribution >= 0.6 is 0 Å². The van der Waals surface area contributed by atoms with Crippen molar-refractivity contribution in [2.75, 3.05) is 6.61 Å². The minimum atomic E-state index is -0.639. The van der Waals surface area contributed by atoms with Crippen LogP contribution in [0.5, 0.6) is 0 Å². The second-order valence-corrected chi connectivity index (χ2v) is 7.96. The molecule has 0 bridgehead atoms. The molecule has 1 heterocycles. The predicted octanol–water partition coefficient (Wildman–Crippen LogP) is 4.37. The molecule has 1 aromatic carbocycles. The van der Waals surface area contributed by atoms with E-state index in [-0.39, 0.29) is 17.8 Å². The molecule has 0 aromatic heterocycles. The van der Waals surface area contributed by atoms with Crippen molar-refractivity contribution in [1.29, 1.82) is 0 Å². The number of imide groups is 1. The quantitative estimate of drug-likeness (QED) is 0.333. The highest BCUT2D eigenvalue weighted by Crippen LogP contribution is 2.35. The molecule has 1 aliphatic heterocycles. The smallest absolute Gasteiger partial charge is 0.327 e. The Hall–Kier alpha value is -3.45. The van der Waals surface area contributed by atoms with Crippen molar-refractivity contribution >= 4 is 18.7 Å². The first-order chi connectivity index (χ1) is 16.0. The van der Waals surface area contributed by atoms with Crippen molar-refractivity contribution < 1.29 is 14.3 Å². The van der Waals surface area contributed by atoms with E-state index in [4.69, 9.17) is 10.5 Å². The fraction of sp³-hybridized carbons (Fsp3) is 0.346. The second-order valence-electron chi connectivity index (χ2n) is 7.96. The molecule has 33 heavy (non-hydrogen) atoms. The van der Waals surface area contributed by atoms with E-state index in [9.17, 15) is 9.59 Å². The average Bonchev–Trinajstić information content (AvgIpc) is 2.85. The maximum absolute atomic E-state index is 13.3. The molecule has 0 spiro atoms. The SMILES string of the molecule is C=N/C(N)=C\C(=C/C)C[C@H]1C(=O)N(C(=O)NC(C2=CC=CCC2)c2ccccc2)[C@@H]1OCC. The van der Waals surface area contributed by atoms with Crippen LogP contribution in [0.3, 0.4) is 0 Å². The van der Waals surface area contributed by atoms with Gasteiger partial charge in [-0.05, 0) is 62.6 Å². The van der Waals surface area contributed by atoms with Gasteiger partial charge in [0.25, 0.3) is 0 Å². The molecule has 3 amide bonds. The molecule has 1 saturated heterocycles. The fourth-order valence-electron chi connectivity index (χ4n) is 4.13. The largest absolute Gasteiger partial charge is 0.384 e. The molecule has 7 heteroatoms. The van der Waals surface area contributed by atoms with Crippen LogP contribution < -0.4 is 11.1 Å². The topological polar surface area (TPSA) is 97.0 Å². The van der Waals surface area contributed by atoms with Crippen LogP contribution in [0.25, 0.3) is 0 Å². The Kier molecular flexibility index (Phi) is 8.38. The molecule has 0 saturated carbocycles. The van der Waals surface area contributed by atoms with Crippen LogP contribution in [0.1, 0.15) is 44.7 Å². The highest BCUT2D eigenvalue weighted by molar-refractivity contribution is 6.01. The maximum Gasteiger partial charge on any atom is 0.327 e. The Morgan fingerprint density at radius 3 is 2.76 bits per heavy atom. The number of amides is 3. The minimum absolute atomic E-state index is 0.270. The molecule has 3 atom stereocenters. The maximum atomic E-state index is 13.3. The van der Waals surface area contributed by atoms with Gasteiger partial charge >= 0.3 is 6.03 Å². The van der Waals surface area contributed by atoms with Crippen LogP contribution in [-0.2, 0) is 9.53 Å². The number of nitrogens with two attached hydrogens (primary N) is 1. The second kappa shape index (κ2) is 11.4. The lowest BCUT2D eigenvalue weighted by molar-refractivity contribution is -0.180. The van der Waals surface area contributed by atoms with Gasteiger partial charge in [0, 0.05) is 6.61 Å². The summed E-state index contributed by atoms with van der Waals surface area (Å²) in [5.41, 5.74) is 8.67. The minimum Gasteiger partial charge on any atom is -0.384 e. The normalized spacial score (nSPS) is 21.8. The van der Waals surface area contributed by atoms with Crippen molar-refractivity contribution in [3.63, 3.8) is 0 Å². The molecule has 1 unspecified atom stereocenters. The highest BCUT2D eigenvalue weighted by Gasteiger charge is 2.51. The van der Waals surface area contributed by atoms with Crippen LogP contribution in [0.2, 0.25) is 0 Å². The summed E-state index contributed by atoms with van der Waals surface area (Å²) >= 11 is 0. The molecule has 174 valence electrons. The lowest BCUT2D eigenvalue weighted by atomic mass is 9.88. The third kappa shape index (κ3) is 5.68. The molecular weight excluding hydrogens is 416 g/mol. The van der Waals surface area contributed by atoms with Gasteiger partial charge in [0.1, 0.15) is 5.82 Å². The van der Waals surface area contributed by atoms with Crippen molar-refractivity contribution in [2.24, 2.45) is 16.6 Å². The van der Waals surface area contributed by atoms with E-state index in [1.165, 1.54) is 4.90 Å². The van der Waals surface area contributed by atoms with E-state index in [2.05, 4.69) is 23.1 Å². The molecular formula is C26H32N4O3. The van der Waals surface area contributed by atoms with E-state index in [1.54, 1.807) is 6.08 Å². The molecule has 2 aliphatic rings. The molecule has 7 nitrogen and oxygen atoms in total. The van der Waals surface area contributed by atoms with Gasteiger partial charge in [0.15, 0.2) is 6.23 Å². The number of nitrogens with zero attached hydrogens (tertiary/aromatic N) is 2. The van der Waals surface area contributed by atoms with Crippen molar-refractivity contribution in [3.05, 3.63) is 83.2 Å². The average molecular weight is 449 g/mol. The highest BCUT2D eigenvalue weighted by atomic mass is 16.5. The summed E-state index contributed by atoms with van der Waals surface area (Å²) in [5.74, 6) is -0.464. The number of hydrogen-bond donors (Lipinski definition) is 2. The Bertz CT molecular complexity index is 994. The van der Waals surface area contributed by atoms with Crippen LogP contribution in [0, 0.1) is 5.92 Å². The standard InChI is InChI=1S/C26H32N4O3/c1-4-18(17-22(27)28-3)16-21-24(31)30(25(21)33-5-2)26(32)29-23(19-12-8-6-9-13-19)20-14-10-7-11-15-20/h4,6-10,12-14,17,21,23,25H,3,5,11,15-16,27H2,1-2H3,(H,29,32)/b18-4-,22-17-/t21-,23?,25+/m0/s1.